The molecule has 1 saturated heterocycles. The monoisotopic (exact) mass is 463 g/mol. The molecule has 0 saturated carbocycles. The first-order valence-corrected chi connectivity index (χ1v) is 11.1. The fourth-order valence-corrected chi connectivity index (χ4v) is 4.38. The molecule has 1 unspecified atom stereocenters. The minimum Gasteiger partial charge on any atom is -0.449 e. The number of benzene rings is 2. The molecule has 2 aromatic carbocycles. The third-order valence-electron chi connectivity index (χ3n) is 4.70. The Balaban J connectivity index is 1.63. The number of esters is 1. The van der Waals surface area contributed by atoms with Crippen LogP contribution in [0.4, 0.5) is 11.4 Å². The molecule has 1 fully saturated rings. The first kappa shape index (κ1) is 23.3. The molecular formula is C20H21N3O8S. The van der Waals surface area contributed by atoms with Crippen molar-refractivity contribution in [3.8, 4) is 0 Å². The average molecular weight is 463 g/mol. The van der Waals surface area contributed by atoms with Crippen molar-refractivity contribution in [3.63, 3.8) is 0 Å². The van der Waals surface area contributed by atoms with Crippen molar-refractivity contribution in [3.05, 3.63) is 64.2 Å². The van der Waals surface area contributed by atoms with E-state index in [9.17, 15) is 28.1 Å². The van der Waals surface area contributed by atoms with Gasteiger partial charge in [-0.3, -0.25) is 14.9 Å². The number of carbonyl (C=O) groups excluding carboxylic acids is 2. The highest BCUT2D eigenvalue weighted by Gasteiger charge is 2.27. The number of carbonyl (C=O) groups is 2. The number of rotatable bonds is 7. The second-order valence-electron chi connectivity index (χ2n) is 6.85. The Morgan fingerprint density at radius 3 is 2.38 bits per heavy atom. The Morgan fingerprint density at radius 2 is 1.75 bits per heavy atom. The van der Waals surface area contributed by atoms with E-state index in [1.807, 2.05) is 0 Å². The van der Waals surface area contributed by atoms with Gasteiger partial charge in [-0.05, 0) is 37.3 Å². The molecule has 0 aromatic heterocycles. The molecule has 1 amide bonds. The van der Waals surface area contributed by atoms with Gasteiger partial charge in [0.1, 0.15) is 5.56 Å². The molecule has 0 spiro atoms. The van der Waals surface area contributed by atoms with E-state index >= 15 is 0 Å². The van der Waals surface area contributed by atoms with Crippen molar-refractivity contribution >= 4 is 33.3 Å². The zero-order valence-electron chi connectivity index (χ0n) is 17.1. The van der Waals surface area contributed by atoms with Crippen molar-refractivity contribution < 1.29 is 32.4 Å². The van der Waals surface area contributed by atoms with E-state index in [0.717, 1.165) is 6.07 Å². The lowest BCUT2D eigenvalue weighted by atomic mass is 10.2. The van der Waals surface area contributed by atoms with Crippen LogP contribution in [0.2, 0.25) is 0 Å². The van der Waals surface area contributed by atoms with E-state index in [1.165, 1.54) is 53.7 Å². The molecule has 170 valence electrons. The zero-order valence-corrected chi connectivity index (χ0v) is 17.9. The highest BCUT2D eigenvalue weighted by Crippen LogP contribution is 2.21. The Labute approximate surface area is 184 Å². The maximum absolute atomic E-state index is 12.6. The van der Waals surface area contributed by atoms with Crippen LogP contribution in [0, 0.1) is 10.1 Å². The highest BCUT2D eigenvalue weighted by molar-refractivity contribution is 7.89. The molecule has 2 aromatic rings. The number of nitrogens with zero attached hydrogens (tertiary/aromatic N) is 2. The van der Waals surface area contributed by atoms with Gasteiger partial charge in [0.25, 0.3) is 11.6 Å². The van der Waals surface area contributed by atoms with Gasteiger partial charge in [-0.2, -0.15) is 4.31 Å². The molecule has 0 radical (unpaired) electrons. The summed E-state index contributed by atoms with van der Waals surface area (Å²) in [5.41, 5.74) is -0.401. The van der Waals surface area contributed by atoms with Crippen LogP contribution in [0.25, 0.3) is 0 Å². The Morgan fingerprint density at radius 1 is 1.12 bits per heavy atom. The van der Waals surface area contributed by atoms with Crippen molar-refractivity contribution in [2.24, 2.45) is 0 Å². The summed E-state index contributed by atoms with van der Waals surface area (Å²) in [6, 6.07) is 10.8. The van der Waals surface area contributed by atoms with Crippen LogP contribution in [0.5, 0.6) is 0 Å². The van der Waals surface area contributed by atoms with Gasteiger partial charge >= 0.3 is 5.97 Å². The smallest absolute Gasteiger partial charge is 0.345 e. The molecule has 3 rings (SSSR count). The van der Waals surface area contributed by atoms with Crippen molar-refractivity contribution in [2.45, 2.75) is 17.9 Å². The van der Waals surface area contributed by atoms with E-state index in [2.05, 4.69) is 5.32 Å². The van der Waals surface area contributed by atoms with Crippen LogP contribution in [-0.4, -0.2) is 61.9 Å². The molecule has 0 aliphatic carbocycles. The third-order valence-corrected chi connectivity index (χ3v) is 6.62. The predicted octanol–water partition coefficient (Wildman–Crippen LogP) is 1.80. The molecule has 1 N–H and O–H groups in total. The van der Waals surface area contributed by atoms with Gasteiger partial charge in [-0.25, -0.2) is 13.2 Å². The largest absolute Gasteiger partial charge is 0.449 e. The van der Waals surface area contributed by atoms with E-state index in [-0.39, 0.29) is 23.5 Å². The van der Waals surface area contributed by atoms with Crippen LogP contribution in [0.3, 0.4) is 0 Å². The number of anilines is 1. The quantitative estimate of drug-likeness (QED) is 0.372. The number of nitro groups is 1. The summed E-state index contributed by atoms with van der Waals surface area (Å²) in [6.07, 6.45) is -1.25. The van der Waals surface area contributed by atoms with E-state index in [4.69, 9.17) is 9.47 Å². The first-order valence-electron chi connectivity index (χ1n) is 9.63. The molecule has 1 aliphatic rings. The highest BCUT2D eigenvalue weighted by atomic mass is 32.2. The maximum atomic E-state index is 12.6. The number of sulfonamides is 1. The number of morpholine rings is 1. The third kappa shape index (κ3) is 5.28. The summed E-state index contributed by atoms with van der Waals surface area (Å²) in [5.74, 6) is -1.69. The van der Waals surface area contributed by atoms with Crippen LogP contribution >= 0.6 is 0 Å². The van der Waals surface area contributed by atoms with E-state index in [0.29, 0.717) is 18.9 Å². The molecule has 1 aliphatic heterocycles. The van der Waals surface area contributed by atoms with E-state index in [1.54, 1.807) is 0 Å². The fraction of sp³-hybridized carbons (Fsp3) is 0.300. The Hall–Kier alpha value is -3.35. The van der Waals surface area contributed by atoms with E-state index < -0.39 is 38.6 Å². The van der Waals surface area contributed by atoms with Crippen LogP contribution in [0.15, 0.2) is 53.4 Å². The molecule has 32 heavy (non-hydrogen) atoms. The van der Waals surface area contributed by atoms with Gasteiger partial charge in [0.15, 0.2) is 6.10 Å². The zero-order chi connectivity index (χ0) is 23.3. The topological polar surface area (TPSA) is 145 Å². The Bertz CT molecular complexity index is 1110. The lowest BCUT2D eigenvalue weighted by Crippen LogP contribution is -2.40. The standard InChI is InChI=1S/C20H21N3O8S/c1-14(31-20(25)17-4-2-3-5-18(17)23(26)27)19(24)21-15-6-8-16(9-7-15)32(28,29)22-10-12-30-13-11-22/h2-9,14H,10-13H2,1H3,(H,21,24). The number of ether oxygens (including phenoxy) is 2. The number of para-hydroxylation sites is 1. The predicted molar refractivity (Wildman–Crippen MR) is 113 cm³/mol. The molecule has 12 heteroatoms. The average Bonchev–Trinajstić information content (AvgIpc) is 2.79. The molecule has 1 heterocycles. The van der Waals surface area contributed by atoms with Gasteiger partial charge in [0, 0.05) is 24.8 Å². The second-order valence-corrected chi connectivity index (χ2v) is 8.79. The number of nitro benzene ring substituents is 1. The van der Waals surface area contributed by atoms with Gasteiger partial charge in [0.2, 0.25) is 10.0 Å². The molecule has 11 nitrogen and oxygen atoms in total. The normalized spacial score (nSPS) is 15.5. The van der Waals surface area contributed by atoms with Gasteiger partial charge in [-0.1, -0.05) is 12.1 Å². The van der Waals surface area contributed by atoms with Crippen LogP contribution in [0.1, 0.15) is 17.3 Å². The minimum atomic E-state index is -3.67. The fourth-order valence-electron chi connectivity index (χ4n) is 2.97. The molecular weight excluding hydrogens is 442 g/mol. The Kier molecular flexibility index (Phi) is 7.18. The lowest BCUT2D eigenvalue weighted by molar-refractivity contribution is -0.385. The number of amides is 1. The summed E-state index contributed by atoms with van der Waals surface area (Å²) < 4.78 is 36.8. The number of hydrogen-bond acceptors (Lipinski definition) is 8. The number of hydrogen-bond donors (Lipinski definition) is 1. The summed E-state index contributed by atoms with van der Waals surface area (Å²) in [4.78, 5) is 35.0. The van der Waals surface area contributed by atoms with Crippen molar-refractivity contribution in [1.82, 2.24) is 4.31 Å². The lowest BCUT2D eigenvalue weighted by Gasteiger charge is -2.26. The summed E-state index contributed by atoms with van der Waals surface area (Å²) in [5, 5.41) is 13.6. The second kappa shape index (κ2) is 9.85. The summed E-state index contributed by atoms with van der Waals surface area (Å²) in [6.45, 7) is 2.51. The molecule has 0 bridgehead atoms. The summed E-state index contributed by atoms with van der Waals surface area (Å²) in [7, 11) is -3.67. The van der Waals surface area contributed by atoms with Crippen LogP contribution in [-0.2, 0) is 24.3 Å². The van der Waals surface area contributed by atoms with Crippen LogP contribution < -0.4 is 5.32 Å². The van der Waals surface area contributed by atoms with Gasteiger partial charge in [-0.15, -0.1) is 0 Å². The minimum absolute atomic E-state index is 0.0771. The number of nitrogens with one attached hydrogen (secondary N) is 1. The van der Waals surface area contributed by atoms with Crippen molar-refractivity contribution in [2.75, 3.05) is 31.6 Å². The first-order chi connectivity index (χ1) is 15.2. The SMILES string of the molecule is CC(OC(=O)c1ccccc1[N+](=O)[O-])C(=O)Nc1ccc(S(=O)(=O)N2CCOCC2)cc1. The summed E-state index contributed by atoms with van der Waals surface area (Å²) >= 11 is 0. The van der Waals surface area contributed by atoms with Crippen molar-refractivity contribution in [1.29, 1.82) is 0 Å². The van der Waals surface area contributed by atoms with Gasteiger partial charge in [0.05, 0.1) is 23.0 Å². The van der Waals surface area contributed by atoms with Gasteiger partial charge < -0.3 is 14.8 Å². The maximum Gasteiger partial charge on any atom is 0.345 e. The molecule has 1 atom stereocenters.